The molecule has 6 heteroatoms. The van der Waals surface area contributed by atoms with E-state index < -0.39 is 5.97 Å². The molecule has 0 fully saturated rings. The Labute approximate surface area is 248 Å². The van der Waals surface area contributed by atoms with Crippen molar-refractivity contribution in [1.82, 2.24) is 0 Å². The van der Waals surface area contributed by atoms with Gasteiger partial charge in [-0.15, -0.1) is 0 Å². The van der Waals surface area contributed by atoms with Crippen LogP contribution in [0.5, 0.6) is 11.5 Å². The predicted octanol–water partition coefficient (Wildman–Crippen LogP) is 8.15. The van der Waals surface area contributed by atoms with Crippen molar-refractivity contribution in [2.45, 2.75) is 54.4 Å². The van der Waals surface area contributed by atoms with Crippen LogP contribution in [0.4, 0.5) is 11.4 Å². The zero-order valence-electron chi connectivity index (χ0n) is 25.8. The number of fused-ring (bicyclic) bond motifs is 2. The zero-order chi connectivity index (χ0) is 30.6. The molecule has 5 rings (SSSR count). The van der Waals surface area contributed by atoms with E-state index in [2.05, 4.69) is 32.2 Å². The molecule has 1 aliphatic rings. The van der Waals surface area contributed by atoms with Gasteiger partial charge < -0.3 is 20.1 Å². The quantitative estimate of drug-likeness (QED) is 0.226. The fourth-order valence-electron chi connectivity index (χ4n) is 6.33. The first-order valence-corrected chi connectivity index (χ1v) is 14.2. The minimum Gasteiger partial charge on any atom is -0.478 e. The van der Waals surface area contributed by atoms with Gasteiger partial charge in [0.2, 0.25) is 0 Å². The van der Waals surface area contributed by atoms with Crippen LogP contribution in [0.2, 0.25) is 0 Å². The number of hydrogen-bond donors (Lipinski definition) is 2. The Morgan fingerprint density at radius 1 is 0.762 bits per heavy atom. The van der Waals surface area contributed by atoms with Gasteiger partial charge in [-0.3, -0.25) is 4.79 Å². The van der Waals surface area contributed by atoms with Gasteiger partial charge in [0.1, 0.15) is 11.5 Å². The van der Waals surface area contributed by atoms with Crippen molar-refractivity contribution in [2.24, 2.45) is 0 Å². The van der Waals surface area contributed by atoms with Crippen LogP contribution in [-0.2, 0) is 0 Å². The Hall–Kier alpha value is -4.58. The van der Waals surface area contributed by atoms with Gasteiger partial charge >= 0.3 is 5.97 Å². The van der Waals surface area contributed by atoms with E-state index in [1.807, 2.05) is 65.1 Å². The molecule has 6 nitrogen and oxygen atoms in total. The van der Waals surface area contributed by atoms with E-state index in [0.717, 1.165) is 61.4 Å². The lowest BCUT2D eigenvalue weighted by Gasteiger charge is -2.32. The Morgan fingerprint density at radius 3 is 1.90 bits per heavy atom. The number of benzene rings is 4. The molecule has 1 aliphatic heterocycles. The van der Waals surface area contributed by atoms with Gasteiger partial charge in [0.15, 0.2) is 0 Å². The number of amides is 1. The number of anilines is 2. The first-order valence-electron chi connectivity index (χ1n) is 14.2. The first-order chi connectivity index (χ1) is 19.9. The van der Waals surface area contributed by atoms with E-state index in [4.69, 9.17) is 4.74 Å². The van der Waals surface area contributed by atoms with Gasteiger partial charge in [0, 0.05) is 54.5 Å². The number of carbonyl (C=O) groups excluding carboxylic acids is 1. The highest BCUT2D eigenvalue weighted by Crippen LogP contribution is 2.51. The van der Waals surface area contributed by atoms with Crippen molar-refractivity contribution in [1.29, 1.82) is 0 Å². The summed E-state index contributed by atoms with van der Waals surface area (Å²) in [6.45, 7) is 14.3. The van der Waals surface area contributed by atoms with E-state index in [9.17, 15) is 14.7 Å². The molecule has 1 unspecified atom stereocenters. The highest BCUT2D eigenvalue weighted by atomic mass is 16.5. The number of nitrogens with zero attached hydrogens (tertiary/aromatic N) is 1. The molecule has 0 aromatic heterocycles. The summed E-state index contributed by atoms with van der Waals surface area (Å²) < 4.78 is 6.53. The average Bonchev–Trinajstić information content (AvgIpc) is 2.97. The second-order valence-corrected chi connectivity index (χ2v) is 11.4. The SMILES string of the molecule is CNc1cc2c(cc1C)C(c1ccccc1C(=O)O)c1cc(C)c(N(C)C(=O)c3c(C)c(C)c(C)c(C)c3C)cc1O2. The minimum absolute atomic E-state index is 0.0728. The second-order valence-electron chi connectivity index (χ2n) is 11.4. The van der Waals surface area contributed by atoms with Crippen LogP contribution in [0, 0.1) is 48.5 Å². The van der Waals surface area contributed by atoms with E-state index in [1.165, 1.54) is 5.56 Å². The molecule has 0 saturated heterocycles. The van der Waals surface area contributed by atoms with Crippen LogP contribution in [-0.4, -0.2) is 31.1 Å². The number of rotatable bonds is 5. The molecule has 216 valence electrons. The summed E-state index contributed by atoms with van der Waals surface area (Å²) in [6.07, 6.45) is 0. The van der Waals surface area contributed by atoms with Crippen LogP contribution in [0.1, 0.15) is 82.3 Å². The van der Waals surface area contributed by atoms with Crippen molar-refractivity contribution in [3.8, 4) is 11.5 Å². The van der Waals surface area contributed by atoms with Gasteiger partial charge in [-0.25, -0.2) is 4.79 Å². The number of aryl methyl sites for hydroxylation is 2. The van der Waals surface area contributed by atoms with Gasteiger partial charge in [0.05, 0.1) is 11.3 Å². The Balaban J connectivity index is 1.70. The third kappa shape index (κ3) is 4.51. The van der Waals surface area contributed by atoms with Crippen molar-refractivity contribution in [3.05, 3.63) is 115 Å². The molecule has 0 saturated carbocycles. The first kappa shape index (κ1) is 28.9. The number of hydrogen-bond acceptors (Lipinski definition) is 4. The number of carboxylic acid groups (broad SMARTS) is 1. The summed E-state index contributed by atoms with van der Waals surface area (Å²) in [5.74, 6) is -0.152. The lowest BCUT2D eigenvalue weighted by molar-refractivity contribution is 0.0695. The van der Waals surface area contributed by atoms with E-state index in [-0.39, 0.29) is 17.4 Å². The molecule has 1 atom stereocenters. The lowest BCUT2D eigenvalue weighted by atomic mass is 9.79. The maximum Gasteiger partial charge on any atom is 0.335 e. The molecule has 4 aromatic rings. The molecule has 0 bridgehead atoms. The van der Waals surface area contributed by atoms with E-state index in [1.54, 1.807) is 24.1 Å². The second kappa shape index (κ2) is 10.7. The van der Waals surface area contributed by atoms with Crippen LogP contribution in [0.3, 0.4) is 0 Å². The number of carboxylic acids is 1. The number of aromatic carboxylic acids is 1. The van der Waals surface area contributed by atoms with Crippen molar-refractivity contribution in [3.63, 3.8) is 0 Å². The topological polar surface area (TPSA) is 78.9 Å². The molecule has 0 spiro atoms. The molecule has 0 aliphatic carbocycles. The van der Waals surface area contributed by atoms with Crippen LogP contribution < -0.4 is 15.0 Å². The van der Waals surface area contributed by atoms with Crippen molar-refractivity contribution >= 4 is 23.3 Å². The monoisotopic (exact) mass is 562 g/mol. The van der Waals surface area contributed by atoms with Crippen LogP contribution in [0.25, 0.3) is 0 Å². The summed E-state index contributed by atoms with van der Waals surface area (Å²) in [4.78, 5) is 28.1. The van der Waals surface area contributed by atoms with Gasteiger partial charge in [-0.2, -0.15) is 0 Å². The lowest BCUT2D eigenvalue weighted by Crippen LogP contribution is -2.29. The molecular weight excluding hydrogens is 524 g/mol. The molecule has 42 heavy (non-hydrogen) atoms. The molecular formula is C36H38N2O4. The maximum atomic E-state index is 14.1. The smallest absolute Gasteiger partial charge is 0.335 e. The van der Waals surface area contributed by atoms with E-state index in [0.29, 0.717) is 17.1 Å². The largest absolute Gasteiger partial charge is 0.478 e. The zero-order valence-corrected chi connectivity index (χ0v) is 25.8. The molecule has 2 N–H and O–H groups in total. The van der Waals surface area contributed by atoms with Crippen molar-refractivity contribution in [2.75, 3.05) is 24.3 Å². The minimum atomic E-state index is -0.975. The van der Waals surface area contributed by atoms with Crippen LogP contribution >= 0.6 is 0 Å². The summed E-state index contributed by atoms with van der Waals surface area (Å²) in [7, 11) is 3.67. The average molecular weight is 563 g/mol. The number of carbonyl (C=O) groups is 2. The molecule has 1 heterocycles. The number of ether oxygens (including phenoxy) is 1. The van der Waals surface area contributed by atoms with Gasteiger partial charge in [0.25, 0.3) is 5.91 Å². The predicted molar refractivity (Wildman–Crippen MR) is 169 cm³/mol. The normalized spacial score (nSPS) is 13.6. The third-order valence-corrected chi connectivity index (χ3v) is 9.18. The van der Waals surface area contributed by atoms with E-state index >= 15 is 0 Å². The summed E-state index contributed by atoms with van der Waals surface area (Å²) in [5.41, 5.74) is 12.5. The highest BCUT2D eigenvalue weighted by molar-refractivity contribution is 6.08. The molecule has 0 radical (unpaired) electrons. The Morgan fingerprint density at radius 2 is 1.31 bits per heavy atom. The maximum absolute atomic E-state index is 14.1. The highest BCUT2D eigenvalue weighted by Gasteiger charge is 2.34. The fraction of sp³-hybridized carbons (Fsp3) is 0.278. The Kier molecular flexibility index (Phi) is 7.35. The standard InChI is InChI=1S/C36H38N2O4/c1-18-14-27-31(16-29(18)37-8)42-32-17-30(38(9)35(39)33-23(6)21(4)20(3)22(5)24(33)7)19(2)15-28(32)34(27)25-12-10-11-13-26(25)36(40)41/h10-17,34,37H,1-9H3,(H,40,41). The summed E-state index contributed by atoms with van der Waals surface area (Å²) in [6, 6.07) is 15.1. The summed E-state index contributed by atoms with van der Waals surface area (Å²) in [5, 5.41) is 13.3. The third-order valence-electron chi connectivity index (χ3n) is 9.18. The van der Waals surface area contributed by atoms with Crippen molar-refractivity contribution < 1.29 is 19.4 Å². The van der Waals surface area contributed by atoms with Gasteiger partial charge in [-0.1, -0.05) is 18.2 Å². The fourth-order valence-corrected chi connectivity index (χ4v) is 6.33. The van der Waals surface area contributed by atoms with Gasteiger partial charge in [-0.05, 0) is 111 Å². The van der Waals surface area contributed by atoms with Crippen LogP contribution in [0.15, 0.2) is 48.5 Å². The Bertz CT molecular complexity index is 1760. The molecule has 1 amide bonds. The summed E-state index contributed by atoms with van der Waals surface area (Å²) >= 11 is 0. The molecule has 4 aromatic carbocycles. The number of nitrogens with one attached hydrogen (secondary N) is 1.